The van der Waals surface area contributed by atoms with Gasteiger partial charge in [-0.05, 0) is 42.0 Å². The molecule has 1 atom stereocenters. The molecule has 1 aliphatic heterocycles. The van der Waals surface area contributed by atoms with Crippen molar-refractivity contribution in [3.8, 4) is 0 Å². The van der Waals surface area contributed by atoms with Gasteiger partial charge in [0.2, 0.25) is 0 Å². The topological polar surface area (TPSA) is 23.5 Å². The van der Waals surface area contributed by atoms with Gasteiger partial charge in [-0.1, -0.05) is 91.0 Å². The summed E-state index contributed by atoms with van der Waals surface area (Å²) in [5, 5.41) is 9.86. The minimum Gasteiger partial charge on any atom is -0.396 e. The summed E-state index contributed by atoms with van der Waals surface area (Å²) in [4.78, 5) is 2.58. The van der Waals surface area contributed by atoms with Gasteiger partial charge in [0.1, 0.15) is 0 Å². The molecule has 0 aliphatic carbocycles. The highest BCUT2D eigenvalue weighted by Gasteiger charge is 2.43. The Balaban J connectivity index is 1.98. The SMILES string of the molecule is OCC1CCCN(C(c2ccccc2)(c2ccccc2)c2ccccc2)C1. The predicted molar refractivity (Wildman–Crippen MR) is 111 cm³/mol. The minimum atomic E-state index is -0.350. The number of nitrogens with zero attached hydrogens (tertiary/aromatic N) is 1. The van der Waals surface area contributed by atoms with E-state index in [-0.39, 0.29) is 12.1 Å². The van der Waals surface area contributed by atoms with E-state index in [4.69, 9.17) is 0 Å². The quantitative estimate of drug-likeness (QED) is 0.670. The molecule has 1 saturated heterocycles. The lowest BCUT2D eigenvalue weighted by Crippen LogP contribution is -2.52. The Bertz CT molecular complexity index is 735. The fraction of sp³-hybridized carbons (Fsp3) is 0.280. The molecular weight excluding hydrogens is 330 g/mol. The van der Waals surface area contributed by atoms with Crippen LogP contribution in [0.5, 0.6) is 0 Å². The van der Waals surface area contributed by atoms with Crippen molar-refractivity contribution in [2.24, 2.45) is 5.92 Å². The van der Waals surface area contributed by atoms with Crippen molar-refractivity contribution < 1.29 is 5.11 Å². The monoisotopic (exact) mass is 357 g/mol. The molecule has 138 valence electrons. The molecule has 2 nitrogen and oxygen atoms in total. The maximum absolute atomic E-state index is 9.86. The fourth-order valence-corrected chi connectivity index (χ4v) is 4.60. The Morgan fingerprint density at radius 1 is 0.741 bits per heavy atom. The zero-order valence-electron chi connectivity index (χ0n) is 15.7. The van der Waals surface area contributed by atoms with E-state index in [0.717, 1.165) is 25.9 Å². The smallest absolute Gasteiger partial charge is 0.0973 e. The van der Waals surface area contributed by atoms with Crippen LogP contribution >= 0.6 is 0 Å². The van der Waals surface area contributed by atoms with Gasteiger partial charge in [-0.2, -0.15) is 0 Å². The molecule has 4 rings (SSSR count). The standard InChI is InChI=1S/C25H27NO/c27-20-21-11-10-18-26(19-21)25(22-12-4-1-5-13-22,23-14-6-2-7-15-23)24-16-8-3-9-17-24/h1-9,12-17,21,27H,10-11,18-20H2. The van der Waals surface area contributed by atoms with Crippen molar-refractivity contribution in [3.63, 3.8) is 0 Å². The van der Waals surface area contributed by atoms with E-state index in [0.29, 0.717) is 5.92 Å². The summed E-state index contributed by atoms with van der Waals surface area (Å²) in [6.07, 6.45) is 2.21. The van der Waals surface area contributed by atoms with Crippen molar-refractivity contribution in [2.45, 2.75) is 18.4 Å². The summed E-state index contributed by atoms with van der Waals surface area (Å²) in [5.74, 6) is 0.328. The van der Waals surface area contributed by atoms with Gasteiger partial charge in [0.15, 0.2) is 0 Å². The number of benzene rings is 3. The van der Waals surface area contributed by atoms with Gasteiger partial charge in [-0.25, -0.2) is 0 Å². The van der Waals surface area contributed by atoms with E-state index in [1.807, 2.05) is 0 Å². The van der Waals surface area contributed by atoms with E-state index in [1.165, 1.54) is 16.7 Å². The molecule has 0 aromatic heterocycles. The largest absolute Gasteiger partial charge is 0.396 e. The van der Waals surface area contributed by atoms with Crippen molar-refractivity contribution in [2.75, 3.05) is 19.7 Å². The maximum atomic E-state index is 9.86. The van der Waals surface area contributed by atoms with Crippen molar-refractivity contribution in [1.29, 1.82) is 0 Å². The third-order valence-electron chi connectivity index (χ3n) is 5.83. The van der Waals surface area contributed by atoms with Crippen LogP contribution < -0.4 is 0 Å². The Hall–Kier alpha value is -2.42. The summed E-state index contributed by atoms with van der Waals surface area (Å²) in [5.41, 5.74) is 3.49. The average molecular weight is 357 g/mol. The van der Waals surface area contributed by atoms with Crippen LogP contribution in [0, 0.1) is 5.92 Å². The maximum Gasteiger partial charge on any atom is 0.0973 e. The average Bonchev–Trinajstić information content (AvgIpc) is 2.77. The second-order valence-corrected chi connectivity index (χ2v) is 7.45. The van der Waals surface area contributed by atoms with Crippen LogP contribution in [-0.4, -0.2) is 29.7 Å². The Morgan fingerprint density at radius 3 is 1.59 bits per heavy atom. The molecule has 2 heteroatoms. The highest BCUT2D eigenvalue weighted by molar-refractivity contribution is 5.49. The molecule has 1 N–H and O–H groups in total. The number of aliphatic hydroxyl groups is 1. The number of aliphatic hydroxyl groups excluding tert-OH is 1. The first-order valence-corrected chi connectivity index (χ1v) is 9.88. The summed E-state index contributed by atoms with van der Waals surface area (Å²) in [6, 6.07) is 32.4. The van der Waals surface area contributed by atoms with Crippen LogP contribution in [-0.2, 0) is 5.54 Å². The van der Waals surface area contributed by atoms with Crippen molar-refractivity contribution in [3.05, 3.63) is 108 Å². The number of hydrogen-bond donors (Lipinski definition) is 1. The third-order valence-corrected chi connectivity index (χ3v) is 5.83. The van der Waals surface area contributed by atoms with E-state index < -0.39 is 0 Å². The van der Waals surface area contributed by atoms with Gasteiger partial charge in [0.25, 0.3) is 0 Å². The fourth-order valence-electron chi connectivity index (χ4n) is 4.60. The summed E-state index contributed by atoms with van der Waals surface area (Å²) >= 11 is 0. The molecule has 1 heterocycles. The molecular formula is C25H27NO. The second-order valence-electron chi connectivity index (χ2n) is 7.45. The van der Waals surface area contributed by atoms with Gasteiger partial charge in [-0.15, -0.1) is 0 Å². The molecule has 0 saturated carbocycles. The molecule has 1 fully saturated rings. The normalized spacial score (nSPS) is 18.3. The Morgan fingerprint density at radius 2 is 1.19 bits per heavy atom. The van der Waals surface area contributed by atoms with Crippen molar-refractivity contribution in [1.82, 2.24) is 4.90 Å². The van der Waals surface area contributed by atoms with Crippen LogP contribution in [0.2, 0.25) is 0 Å². The van der Waals surface area contributed by atoms with E-state index in [9.17, 15) is 5.11 Å². The van der Waals surface area contributed by atoms with Crippen LogP contribution in [0.1, 0.15) is 29.5 Å². The third kappa shape index (κ3) is 3.31. The first-order valence-electron chi connectivity index (χ1n) is 9.88. The molecule has 1 aliphatic rings. The molecule has 3 aromatic rings. The minimum absolute atomic E-state index is 0.255. The first-order chi connectivity index (χ1) is 13.4. The molecule has 0 radical (unpaired) electrons. The summed E-state index contributed by atoms with van der Waals surface area (Å²) in [7, 11) is 0. The molecule has 27 heavy (non-hydrogen) atoms. The highest BCUT2D eigenvalue weighted by atomic mass is 16.3. The van der Waals surface area contributed by atoms with E-state index >= 15 is 0 Å². The van der Waals surface area contributed by atoms with Crippen LogP contribution in [0.3, 0.4) is 0 Å². The predicted octanol–water partition coefficient (Wildman–Crippen LogP) is 4.68. The lowest BCUT2D eigenvalue weighted by Gasteiger charge is -2.48. The highest BCUT2D eigenvalue weighted by Crippen LogP contribution is 2.44. The van der Waals surface area contributed by atoms with Gasteiger partial charge in [-0.3, -0.25) is 4.90 Å². The zero-order valence-corrected chi connectivity index (χ0v) is 15.7. The van der Waals surface area contributed by atoms with Crippen LogP contribution in [0.25, 0.3) is 0 Å². The van der Waals surface area contributed by atoms with Gasteiger partial charge < -0.3 is 5.11 Å². The van der Waals surface area contributed by atoms with Crippen LogP contribution in [0.15, 0.2) is 91.0 Å². The van der Waals surface area contributed by atoms with Gasteiger partial charge >= 0.3 is 0 Å². The number of hydrogen-bond acceptors (Lipinski definition) is 2. The summed E-state index contributed by atoms with van der Waals surface area (Å²) < 4.78 is 0. The van der Waals surface area contributed by atoms with Crippen LogP contribution in [0.4, 0.5) is 0 Å². The lowest BCUT2D eigenvalue weighted by molar-refractivity contribution is 0.0662. The Kier molecular flexibility index (Phi) is 5.38. The van der Waals surface area contributed by atoms with Gasteiger partial charge in [0.05, 0.1) is 5.54 Å². The number of rotatable bonds is 5. The molecule has 1 unspecified atom stereocenters. The number of likely N-dealkylation sites (tertiary alicyclic amines) is 1. The lowest BCUT2D eigenvalue weighted by atomic mass is 9.74. The van der Waals surface area contributed by atoms with Crippen molar-refractivity contribution >= 4 is 0 Å². The second kappa shape index (κ2) is 8.08. The molecule has 0 amide bonds. The molecule has 0 spiro atoms. The molecule has 0 bridgehead atoms. The van der Waals surface area contributed by atoms with E-state index in [2.05, 4.69) is 95.9 Å². The zero-order chi connectivity index (χ0) is 18.5. The Labute approximate surface area is 162 Å². The van der Waals surface area contributed by atoms with E-state index in [1.54, 1.807) is 0 Å². The van der Waals surface area contributed by atoms with Gasteiger partial charge in [0, 0.05) is 13.2 Å². The summed E-state index contributed by atoms with van der Waals surface area (Å²) in [6.45, 7) is 2.18. The first kappa shape index (κ1) is 18.0. The molecule has 3 aromatic carbocycles. The number of piperidine rings is 1.